The van der Waals surface area contributed by atoms with Crippen LogP contribution in [0.3, 0.4) is 0 Å². The molecular weight excluding hydrogens is 300 g/mol. The lowest BCUT2D eigenvalue weighted by Crippen LogP contribution is -2.54. The molecule has 0 spiro atoms. The van der Waals surface area contributed by atoms with Crippen molar-refractivity contribution in [2.45, 2.75) is 44.5 Å². The van der Waals surface area contributed by atoms with Crippen LogP contribution in [-0.2, 0) is 4.74 Å². The van der Waals surface area contributed by atoms with Crippen molar-refractivity contribution in [2.24, 2.45) is 0 Å². The molecule has 0 aliphatic carbocycles. The second-order valence-corrected chi connectivity index (χ2v) is 7.14. The van der Waals surface area contributed by atoms with E-state index >= 15 is 0 Å². The average Bonchev–Trinajstić information content (AvgIpc) is 2.45. The largest absolute Gasteiger partial charge is 0.444 e. The number of piperazine rings is 1. The van der Waals surface area contributed by atoms with E-state index in [1.165, 1.54) is 11.8 Å². The fourth-order valence-corrected chi connectivity index (χ4v) is 2.73. The van der Waals surface area contributed by atoms with E-state index in [1.54, 1.807) is 11.1 Å². The van der Waals surface area contributed by atoms with Gasteiger partial charge in [-0.1, -0.05) is 11.8 Å². The summed E-state index contributed by atoms with van der Waals surface area (Å²) < 4.78 is 5.44. The number of amides is 1. The molecule has 7 heteroatoms. The van der Waals surface area contributed by atoms with Crippen LogP contribution < -0.4 is 4.90 Å². The Morgan fingerprint density at radius 2 is 2.14 bits per heavy atom. The fraction of sp³-hybridized carbons (Fsp3) is 0.667. The van der Waals surface area contributed by atoms with Crippen molar-refractivity contribution in [3.8, 4) is 0 Å². The average molecular weight is 324 g/mol. The van der Waals surface area contributed by atoms with Crippen molar-refractivity contribution in [2.75, 3.05) is 30.8 Å². The topological polar surface area (TPSA) is 58.6 Å². The van der Waals surface area contributed by atoms with E-state index in [4.69, 9.17) is 4.74 Å². The van der Waals surface area contributed by atoms with E-state index < -0.39 is 5.60 Å². The summed E-state index contributed by atoms with van der Waals surface area (Å²) in [5.41, 5.74) is -0.461. The first-order chi connectivity index (χ1) is 10.3. The molecule has 1 aromatic heterocycles. The van der Waals surface area contributed by atoms with Crippen molar-refractivity contribution < 1.29 is 9.53 Å². The van der Waals surface area contributed by atoms with Gasteiger partial charge in [-0.3, -0.25) is 0 Å². The van der Waals surface area contributed by atoms with Crippen LogP contribution in [0.2, 0.25) is 0 Å². The van der Waals surface area contributed by atoms with Gasteiger partial charge >= 0.3 is 6.09 Å². The van der Waals surface area contributed by atoms with Gasteiger partial charge in [-0.2, -0.15) is 0 Å². The quantitative estimate of drug-likeness (QED) is 0.616. The molecule has 2 heterocycles. The Balaban J connectivity index is 2.02. The highest BCUT2D eigenvalue weighted by Crippen LogP contribution is 2.21. The molecule has 2 rings (SSSR count). The molecule has 1 saturated heterocycles. The second-order valence-electron chi connectivity index (χ2n) is 6.37. The number of anilines is 1. The summed E-state index contributed by atoms with van der Waals surface area (Å²) in [5.74, 6) is 0.913. The highest BCUT2D eigenvalue weighted by atomic mass is 32.2. The van der Waals surface area contributed by atoms with Crippen LogP contribution >= 0.6 is 11.8 Å². The Labute approximate surface area is 136 Å². The first-order valence-corrected chi connectivity index (χ1v) is 8.64. The monoisotopic (exact) mass is 324 g/mol. The lowest BCUT2D eigenvalue weighted by molar-refractivity contribution is 0.0218. The van der Waals surface area contributed by atoms with E-state index in [0.717, 1.165) is 17.5 Å². The van der Waals surface area contributed by atoms with Crippen LogP contribution in [0.1, 0.15) is 27.7 Å². The zero-order chi connectivity index (χ0) is 16.3. The van der Waals surface area contributed by atoms with Gasteiger partial charge in [0.2, 0.25) is 0 Å². The number of hydrogen-bond donors (Lipinski definition) is 0. The minimum Gasteiger partial charge on any atom is -0.444 e. The third-order valence-electron chi connectivity index (χ3n) is 3.37. The van der Waals surface area contributed by atoms with E-state index in [9.17, 15) is 4.79 Å². The van der Waals surface area contributed by atoms with Gasteiger partial charge < -0.3 is 14.5 Å². The van der Waals surface area contributed by atoms with Crippen molar-refractivity contribution >= 4 is 23.7 Å². The van der Waals surface area contributed by atoms with E-state index in [2.05, 4.69) is 21.8 Å². The molecule has 0 radical (unpaired) electrons. The number of aromatic nitrogens is 2. The summed E-state index contributed by atoms with van der Waals surface area (Å²) in [4.78, 5) is 24.9. The third-order valence-corrected chi connectivity index (χ3v) is 3.94. The number of hydrogen-bond acceptors (Lipinski definition) is 6. The Kier molecular flexibility index (Phi) is 5.16. The van der Waals surface area contributed by atoms with Gasteiger partial charge in [0.25, 0.3) is 0 Å². The molecule has 0 aromatic carbocycles. The standard InChI is InChI=1S/C15H24N4O2S/c1-11-10-18(14(20)21-15(2,3)4)8-9-19(11)12-6-7-16-13(17-12)22-5/h6-7,11H,8-10H2,1-5H3. The van der Waals surface area contributed by atoms with E-state index in [-0.39, 0.29) is 12.1 Å². The molecule has 1 fully saturated rings. The molecule has 0 bridgehead atoms. The first kappa shape index (κ1) is 16.9. The molecule has 1 atom stereocenters. The fourth-order valence-electron chi connectivity index (χ4n) is 2.38. The predicted octanol–water partition coefficient (Wildman–Crippen LogP) is 2.64. The summed E-state index contributed by atoms with van der Waals surface area (Å²) in [6.45, 7) is 9.76. The number of ether oxygens (including phenoxy) is 1. The predicted molar refractivity (Wildman–Crippen MR) is 88.4 cm³/mol. The molecule has 1 aromatic rings. The SMILES string of the molecule is CSc1nccc(N2CCN(C(=O)OC(C)(C)C)CC2C)n1. The van der Waals surface area contributed by atoms with Crippen molar-refractivity contribution in [3.63, 3.8) is 0 Å². The lowest BCUT2D eigenvalue weighted by Gasteiger charge is -2.40. The van der Waals surface area contributed by atoms with Crippen LogP contribution in [-0.4, -0.2) is 58.5 Å². The van der Waals surface area contributed by atoms with Gasteiger partial charge in [-0.05, 0) is 40.0 Å². The summed E-state index contributed by atoms with van der Waals surface area (Å²) >= 11 is 1.53. The molecular formula is C15H24N4O2S. The Morgan fingerprint density at radius 1 is 1.41 bits per heavy atom. The van der Waals surface area contributed by atoms with E-state index in [0.29, 0.717) is 13.1 Å². The maximum Gasteiger partial charge on any atom is 0.410 e. The number of nitrogens with zero attached hydrogens (tertiary/aromatic N) is 4. The third kappa shape index (κ3) is 4.25. The molecule has 0 saturated carbocycles. The summed E-state index contributed by atoms with van der Waals surface area (Å²) in [6, 6.07) is 2.10. The highest BCUT2D eigenvalue weighted by molar-refractivity contribution is 7.98. The van der Waals surface area contributed by atoms with Crippen LogP contribution in [0.15, 0.2) is 17.4 Å². The highest BCUT2D eigenvalue weighted by Gasteiger charge is 2.30. The van der Waals surface area contributed by atoms with Crippen molar-refractivity contribution in [1.29, 1.82) is 0 Å². The first-order valence-electron chi connectivity index (χ1n) is 7.42. The summed E-state index contributed by atoms with van der Waals surface area (Å²) in [6.07, 6.45) is 3.50. The second kappa shape index (κ2) is 6.73. The zero-order valence-corrected chi connectivity index (χ0v) is 14.7. The summed E-state index contributed by atoms with van der Waals surface area (Å²) in [5, 5.41) is 0.763. The molecule has 1 aliphatic heterocycles. The Hall–Kier alpha value is -1.50. The van der Waals surface area contributed by atoms with Gasteiger partial charge in [0.1, 0.15) is 11.4 Å². The number of carbonyl (C=O) groups excluding carboxylic acids is 1. The normalized spacial score (nSPS) is 19.2. The van der Waals surface area contributed by atoms with Crippen LogP contribution in [0.25, 0.3) is 0 Å². The van der Waals surface area contributed by atoms with Crippen LogP contribution in [0.5, 0.6) is 0 Å². The van der Waals surface area contributed by atoms with Crippen molar-refractivity contribution in [1.82, 2.24) is 14.9 Å². The molecule has 22 heavy (non-hydrogen) atoms. The number of carbonyl (C=O) groups is 1. The van der Waals surface area contributed by atoms with Gasteiger partial charge in [-0.25, -0.2) is 14.8 Å². The molecule has 1 unspecified atom stereocenters. The maximum atomic E-state index is 12.2. The van der Waals surface area contributed by atoms with E-state index in [1.807, 2.05) is 33.1 Å². The van der Waals surface area contributed by atoms with Crippen LogP contribution in [0, 0.1) is 0 Å². The molecule has 1 amide bonds. The van der Waals surface area contributed by atoms with Gasteiger partial charge in [0.05, 0.1) is 0 Å². The number of thioether (sulfide) groups is 1. The molecule has 0 N–H and O–H groups in total. The molecule has 122 valence electrons. The Morgan fingerprint density at radius 3 is 2.73 bits per heavy atom. The van der Waals surface area contributed by atoms with Crippen molar-refractivity contribution in [3.05, 3.63) is 12.3 Å². The van der Waals surface area contributed by atoms with Gasteiger partial charge in [0.15, 0.2) is 5.16 Å². The van der Waals surface area contributed by atoms with Crippen LogP contribution in [0.4, 0.5) is 10.6 Å². The molecule has 6 nitrogen and oxygen atoms in total. The summed E-state index contributed by atoms with van der Waals surface area (Å²) in [7, 11) is 0. The lowest BCUT2D eigenvalue weighted by atomic mass is 10.2. The molecule has 1 aliphatic rings. The zero-order valence-electron chi connectivity index (χ0n) is 13.9. The van der Waals surface area contributed by atoms with Gasteiger partial charge in [-0.15, -0.1) is 0 Å². The Bertz CT molecular complexity index is 533. The van der Waals surface area contributed by atoms with Gasteiger partial charge in [0, 0.05) is 31.9 Å². The maximum absolute atomic E-state index is 12.2. The minimum atomic E-state index is -0.461. The number of rotatable bonds is 2. The minimum absolute atomic E-state index is 0.186. The smallest absolute Gasteiger partial charge is 0.410 e.